The molecule has 0 aliphatic rings. The SMILES string of the molecule is CCCCC#CI(OS(=O)(=O)C(F)(F)F)c1ccccc1. The summed E-state index contributed by atoms with van der Waals surface area (Å²) in [5, 5.41) is 0. The summed E-state index contributed by atoms with van der Waals surface area (Å²) in [4.78, 5) is 0. The molecule has 0 aliphatic carbocycles. The van der Waals surface area contributed by atoms with Crippen molar-refractivity contribution in [3.05, 3.63) is 33.9 Å². The van der Waals surface area contributed by atoms with Crippen molar-refractivity contribution < 1.29 is 24.1 Å². The fourth-order valence-corrected chi connectivity index (χ4v) is 6.39. The van der Waals surface area contributed by atoms with Crippen LogP contribution in [0.5, 0.6) is 0 Å². The molecule has 0 heterocycles. The van der Waals surface area contributed by atoms with Crippen LogP contribution in [0.4, 0.5) is 13.2 Å². The van der Waals surface area contributed by atoms with E-state index in [4.69, 9.17) is 0 Å². The molecule has 0 spiro atoms. The molecule has 0 N–H and O–H groups in total. The summed E-state index contributed by atoms with van der Waals surface area (Å²) >= 11 is -3.23. The Kier molecular flexibility index (Phi) is 6.96. The number of alkyl halides is 3. The maximum absolute atomic E-state index is 12.4. The van der Waals surface area contributed by atoms with Gasteiger partial charge < -0.3 is 0 Å². The summed E-state index contributed by atoms with van der Waals surface area (Å²) in [5.74, 6) is 2.72. The molecule has 3 nitrogen and oxygen atoms in total. The van der Waals surface area contributed by atoms with Gasteiger partial charge in [-0.25, -0.2) is 0 Å². The number of halogens is 4. The molecule has 0 aliphatic heterocycles. The second-order valence-electron chi connectivity index (χ2n) is 3.88. The third-order valence-corrected chi connectivity index (χ3v) is 8.25. The topological polar surface area (TPSA) is 43.4 Å². The fourth-order valence-electron chi connectivity index (χ4n) is 1.13. The molecular weight excluding hydrogens is 420 g/mol. The molecule has 1 aromatic carbocycles. The molecule has 21 heavy (non-hydrogen) atoms. The van der Waals surface area contributed by atoms with Crippen molar-refractivity contribution in [2.45, 2.75) is 31.7 Å². The Morgan fingerprint density at radius 1 is 1.24 bits per heavy atom. The van der Waals surface area contributed by atoms with Crippen LogP contribution < -0.4 is 0 Å². The van der Waals surface area contributed by atoms with Crippen LogP contribution in [0.2, 0.25) is 0 Å². The fraction of sp³-hybridized carbons (Fsp3) is 0.385. The van der Waals surface area contributed by atoms with E-state index in [0.717, 1.165) is 12.8 Å². The average Bonchev–Trinajstić information content (AvgIpc) is 2.42. The standard InChI is InChI=1S/C13H14F3IO3S/c1-2-3-4-8-11-17(12-9-6-5-7-10-12)20-21(18,19)13(14,15)16/h5-7,9-10H,2-4H2,1H3. The predicted octanol–water partition coefficient (Wildman–Crippen LogP) is 4.29. The third kappa shape index (κ3) is 5.84. The Morgan fingerprint density at radius 3 is 2.38 bits per heavy atom. The zero-order chi connectivity index (χ0) is 15.9. The molecule has 118 valence electrons. The summed E-state index contributed by atoms with van der Waals surface area (Å²) in [5.41, 5.74) is -5.43. The van der Waals surface area contributed by atoms with E-state index in [0.29, 0.717) is 9.99 Å². The van der Waals surface area contributed by atoms with Crippen LogP contribution in [0.1, 0.15) is 26.2 Å². The van der Waals surface area contributed by atoms with Crippen LogP contribution in [0, 0.1) is 13.4 Å². The minimum atomic E-state index is -5.62. The molecule has 1 aromatic rings. The molecule has 0 atom stereocenters. The van der Waals surface area contributed by atoms with Crippen molar-refractivity contribution in [1.29, 1.82) is 0 Å². The van der Waals surface area contributed by atoms with Gasteiger partial charge in [0.1, 0.15) is 0 Å². The van der Waals surface area contributed by atoms with E-state index >= 15 is 0 Å². The number of unbranched alkanes of at least 4 members (excludes halogenated alkanes) is 2. The first kappa shape index (κ1) is 18.3. The Morgan fingerprint density at radius 2 is 1.86 bits per heavy atom. The van der Waals surface area contributed by atoms with Gasteiger partial charge in [0.15, 0.2) is 0 Å². The maximum atomic E-state index is 12.4. The molecule has 0 fully saturated rings. The monoisotopic (exact) mass is 434 g/mol. The first-order valence-corrected chi connectivity index (χ1v) is 10.5. The number of benzene rings is 1. The van der Waals surface area contributed by atoms with Gasteiger partial charge in [-0.2, -0.15) is 0 Å². The molecular formula is C13H14F3IO3S. The van der Waals surface area contributed by atoms with Crippen molar-refractivity contribution in [3.8, 4) is 9.85 Å². The number of hydrogen-bond donors (Lipinski definition) is 0. The molecule has 0 aromatic heterocycles. The second kappa shape index (κ2) is 8.00. The number of hydrogen-bond acceptors (Lipinski definition) is 3. The van der Waals surface area contributed by atoms with E-state index < -0.39 is 35.9 Å². The molecule has 0 unspecified atom stereocenters. The minimum absolute atomic E-state index is 0.415. The molecule has 0 saturated carbocycles. The summed E-state index contributed by atoms with van der Waals surface area (Å²) in [6.45, 7) is 1.96. The Bertz CT molecular complexity index is 603. The molecule has 0 radical (unpaired) electrons. The molecule has 8 heteroatoms. The van der Waals surface area contributed by atoms with Crippen molar-refractivity contribution >= 4 is 30.4 Å². The zero-order valence-electron chi connectivity index (χ0n) is 11.2. The van der Waals surface area contributed by atoms with Gasteiger partial charge in [-0.1, -0.05) is 0 Å². The molecule has 1 rings (SSSR count). The van der Waals surface area contributed by atoms with Crippen LogP contribution in [0.25, 0.3) is 0 Å². The van der Waals surface area contributed by atoms with Gasteiger partial charge in [0.05, 0.1) is 0 Å². The van der Waals surface area contributed by atoms with Crippen molar-refractivity contribution in [3.63, 3.8) is 0 Å². The molecule has 0 bridgehead atoms. The van der Waals surface area contributed by atoms with E-state index in [9.17, 15) is 21.6 Å². The van der Waals surface area contributed by atoms with E-state index in [1.165, 1.54) is 12.1 Å². The Hall–Kier alpha value is -0.790. The van der Waals surface area contributed by atoms with Gasteiger partial charge in [0.2, 0.25) is 0 Å². The van der Waals surface area contributed by atoms with Gasteiger partial charge in [-0.3, -0.25) is 0 Å². The summed E-state index contributed by atoms with van der Waals surface area (Å²) in [7, 11) is -5.62. The summed E-state index contributed by atoms with van der Waals surface area (Å²) in [6.07, 6.45) is 2.21. The van der Waals surface area contributed by atoms with E-state index in [-0.39, 0.29) is 0 Å². The zero-order valence-corrected chi connectivity index (χ0v) is 14.1. The van der Waals surface area contributed by atoms with E-state index in [1.54, 1.807) is 18.2 Å². The average molecular weight is 434 g/mol. The van der Waals surface area contributed by atoms with Gasteiger partial charge in [-0.15, -0.1) is 0 Å². The van der Waals surface area contributed by atoms with Crippen LogP contribution in [0.3, 0.4) is 0 Å². The van der Waals surface area contributed by atoms with Crippen molar-refractivity contribution in [2.24, 2.45) is 0 Å². The first-order chi connectivity index (χ1) is 9.78. The Labute approximate surface area is 129 Å². The van der Waals surface area contributed by atoms with Crippen molar-refractivity contribution in [1.82, 2.24) is 0 Å². The van der Waals surface area contributed by atoms with E-state index in [2.05, 4.69) is 12.4 Å². The van der Waals surface area contributed by atoms with Gasteiger partial charge in [0.25, 0.3) is 0 Å². The second-order valence-corrected chi connectivity index (χ2v) is 9.66. The van der Waals surface area contributed by atoms with Crippen LogP contribution in [-0.2, 0) is 12.6 Å². The quantitative estimate of drug-likeness (QED) is 0.301. The normalized spacial score (nSPS) is 12.5. The van der Waals surface area contributed by atoms with Crippen LogP contribution >= 0.6 is 20.2 Å². The molecule has 0 amide bonds. The van der Waals surface area contributed by atoms with Crippen LogP contribution in [0.15, 0.2) is 30.3 Å². The van der Waals surface area contributed by atoms with Gasteiger partial charge >= 0.3 is 130 Å². The Balaban J connectivity index is 3.01. The third-order valence-electron chi connectivity index (χ3n) is 2.17. The predicted molar refractivity (Wildman–Crippen MR) is 82.5 cm³/mol. The first-order valence-electron chi connectivity index (χ1n) is 6.02. The van der Waals surface area contributed by atoms with Gasteiger partial charge in [0, 0.05) is 0 Å². The number of rotatable bonds is 5. The summed E-state index contributed by atoms with van der Waals surface area (Å²) < 4.78 is 67.0. The summed E-state index contributed by atoms with van der Waals surface area (Å²) in [6, 6.07) is 7.96. The van der Waals surface area contributed by atoms with Crippen molar-refractivity contribution in [2.75, 3.05) is 0 Å². The van der Waals surface area contributed by atoms with Gasteiger partial charge in [-0.05, 0) is 0 Å². The van der Waals surface area contributed by atoms with Crippen LogP contribution in [-0.4, -0.2) is 13.9 Å². The van der Waals surface area contributed by atoms with E-state index in [1.807, 2.05) is 6.92 Å². The molecule has 0 saturated heterocycles.